The van der Waals surface area contributed by atoms with Gasteiger partial charge in [-0.2, -0.15) is 0 Å². The monoisotopic (exact) mass is 318 g/mol. The summed E-state index contributed by atoms with van der Waals surface area (Å²) < 4.78 is 4.60. The Balaban J connectivity index is 2.15. The fourth-order valence-electron chi connectivity index (χ4n) is 1.65. The molecular formula is C10H11BrN2O3S. The van der Waals surface area contributed by atoms with Crippen LogP contribution < -0.4 is 4.90 Å². The van der Waals surface area contributed by atoms with Crippen molar-refractivity contribution in [1.82, 2.24) is 4.98 Å². The van der Waals surface area contributed by atoms with Crippen molar-refractivity contribution in [2.24, 2.45) is 5.92 Å². The van der Waals surface area contributed by atoms with Gasteiger partial charge in [-0.1, -0.05) is 27.3 Å². The first-order chi connectivity index (χ1) is 8.15. The number of methoxy groups -OCH3 is 1. The average molecular weight is 319 g/mol. The molecule has 17 heavy (non-hydrogen) atoms. The standard InChI is InChI=1S/C10H11BrN2O3S/c1-16-9(15)7-4-12-10(17-7)13-5-6(3-11)2-8(13)14/h4,6H,2-3,5H2,1H3. The summed E-state index contributed by atoms with van der Waals surface area (Å²) >= 11 is 4.56. The minimum absolute atomic E-state index is 0.0558. The second-order valence-corrected chi connectivity index (χ2v) is 5.38. The van der Waals surface area contributed by atoms with E-state index in [-0.39, 0.29) is 5.91 Å². The Hall–Kier alpha value is -0.950. The van der Waals surface area contributed by atoms with E-state index in [0.29, 0.717) is 28.9 Å². The molecule has 0 radical (unpaired) electrons. The number of anilines is 1. The zero-order valence-corrected chi connectivity index (χ0v) is 11.6. The van der Waals surface area contributed by atoms with E-state index in [2.05, 4.69) is 25.7 Å². The van der Waals surface area contributed by atoms with Crippen molar-refractivity contribution in [3.8, 4) is 0 Å². The maximum absolute atomic E-state index is 11.7. The maximum Gasteiger partial charge on any atom is 0.349 e. The van der Waals surface area contributed by atoms with E-state index in [0.717, 1.165) is 5.33 Å². The van der Waals surface area contributed by atoms with Gasteiger partial charge in [0.2, 0.25) is 5.91 Å². The third kappa shape index (κ3) is 2.50. The SMILES string of the molecule is COC(=O)c1cnc(N2CC(CBr)CC2=O)s1. The number of carbonyl (C=O) groups is 2. The first-order valence-electron chi connectivity index (χ1n) is 5.06. The molecule has 1 aliphatic rings. The molecule has 1 amide bonds. The molecule has 0 saturated carbocycles. The molecule has 1 fully saturated rings. The molecular weight excluding hydrogens is 308 g/mol. The van der Waals surface area contributed by atoms with Crippen molar-refractivity contribution in [2.45, 2.75) is 6.42 Å². The van der Waals surface area contributed by atoms with Crippen molar-refractivity contribution >= 4 is 44.3 Å². The van der Waals surface area contributed by atoms with Crippen LogP contribution in [0.1, 0.15) is 16.1 Å². The lowest BCUT2D eigenvalue weighted by Gasteiger charge is -2.11. The lowest BCUT2D eigenvalue weighted by Crippen LogP contribution is -2.24. The predicted octanol–water partition coefficient (Wildman–Crippen LogP) is 1.68. The van der Waals surface area contributed by atoms with Crippen LogP contribution in [0.4, 0.5) is 5.13 Å². The molecule has 1 saturated heterocycles. The normalized spacial score (nSPS) is 19.8. The summed E-state index contributed by atoms with van der Waals surface area (Å²) in [6.07, 6.45) is 1.97. The zero-order valence-electron chi connectivity index (χ0n) is 9.18. The van der Waals surface area contributed by atoms with Gasteiger partial charge in [0, 0.05) is 18.3 Å². The molecule has 0 bridgehead atoms. The number of aromatic nitrogens is 1. The molecule has 0 aromatic carbocycles. The Kier molecular flexibility index (Phi) is 3.78. The largest absolute Gasteiger partial charge is 0.465 e. The molecule has 1 unspecified atom stereocenters. The first kappa shape index (κ1) is 12.5. The van der Waals surface area contributed by atoms with Crippen LogP contribution >= 0.6 is 27.3 Å². The van der Waals surface area contributed by atoms with Crippen molar-refractivity contribution < 1.29 is 14.3 Å². The highest BCUT2D eigenvalue weighted by molar-refractivity contribution is 9.09. The van der Waals surface area contributed by atoms with E-state index in [9.17, 15) is 9.59 Å². The molecule has 0 spiro atoms. The summed E-state index contributed by atoms with van der Waals surface area (Å²) in [4.78, 5) is 29.2. The zero-order chi connectivity index (χ0) is 12.4. The highest BCUT2D eigenvalue weighted by Gasteiger charge is 2.31. The second kappa shape index (κ2) is 5.14. The highest BCUT2D eigenvalue weighted by Crippen LogP contribution is 2.29. The predicted molar refractivity (Wildman–Crippen MR) is 67.7 cm³/mol. The summed E-state index contributed by atoms with van der Waals surface area (Å²) in [6, 6.07) is 0. The molecule has 1 aromatic heterocycles. The van der Waals surface area contributed by atoms with Gasteiger partial charge in [-0.05, 0) is 5.92 Å². The number of amides is 1. The molecule has 1 aliphatic heterocycles. The van der Waals surface area contributed by atoms with Gasteiger partial charge >= 0.3 is 5.97 Å². The molecule has 92 valence electrons. The molecule has 2 heterocycles. The van der Waals surface area contributed by atoms with Gasteiger partial charge in [0.1, 0.15) is 4.88 Å². The Morgan fingerprint density at radius 2 is 2.53 bits per heavy atom. The number of carbonyl (C=O) groups excluding carboxylic acids is 2. The number of hydrogen-bond donors (Lipinski definition) is 0. The molecule has 2 rings (SSSR count). The van der Waals surface area contributed by atoms with Crippen LogP contribution in [0.15, 0.2) is 6.20 Å². The summed E-state index contributed by atoms with van der Waals surface area (Å²) in [6.45, 7) is 0.651. The van der Waals surface area contributed by atoms with Gasteiger partial charge in [-0.25, -0.2) is 9.78 Å². The lowest BCUT2D eigenvalue weighted by atomic mass is 10.2. The van der Waals surface area contributed by atoms with Crippen molar-refractivity contribution in [3.05, 3.63) is 11.1 Å². The number of alkyl halides is 1. The number of thiazole rings is 1. The average Bonchev–Trinajstić information content (AvgIpc) is 2.94. The van der Waals surface area contributed by atoms with E-state index >= 15 is 0 Å². The molecule has 5 nitrogen and oxygen atoms in total. The van der Waals surface area contributed by atoms with Gasteiger partial charge in [-0.3, -0.25) is 9.69 Å². The van der Waals surface area contributed by atoms with E-state index in [4.69, 9.17) is 0 Å². The molecule has 1 aromatic rings. The van der Waals surface area contributed by atoms with E-state index in [1.54, 1.807) is 4.90 Å². The van der Waals surface area contributed by atoms with Crippen LogP contribution in [0, 0.1) is 5.92 Å². The van der Waals surface area contributed by atoms with Gasteiger partial charge in [-0.15, -0.1) is 0 Å². The van der Waals surface area contributed by atoms with Gasteiger partial charge < -0.3 is 4.74 Å². The Morgan fingerprint density at radius 3 is 3.12 bits per heavy atom. The molecule has 0 N–H and O–H groups in total. The Morgan fingerprint density at radius 1 is 1.76 bits per heavy atom. The number of nitrogens with zero attached hydrogens (tertiary/aromatic N) is 2. The maximum atomic E-state index is 11.7. The van der Waals surface area contributed by atoms with Gasteiger partial charge in [0.15, 0.2) is 5.13 Å². The van der Waals surface area contributed by atoms with Crippen molar-refractivity contribution in [2.75, 3.05) is 23.9 Å². The number of esters is 1. The van der Waals surface area contributed by atoms with E-state index in [1.165, 1.54) is 24.6 Å². The van der Waals surface area contributed by atoms with Gasteiger partial charge in [0.25, 0.3) is 0 Å². The molecule has 7 heteroatoms. The van der Waals surface area contributed by atoms with Crippen molar-refractivity contribution in [1.29, 1.82) is 0 Å². The summed E-state index contributed by atoms with van der Waals surface area (Å²) in [5, 5.41) is 1.36. The number of rotatable bonds is 3. The summed E-state index contributed by atoms with van der Waals surface area (Å²) in [5.74, 6) is -0.0503. The quantitative estimate of drug-likeness (QED) is 0.628. The third-order valence-electron chi connectivity index (χ3n) is 2.53. The minimum Gasteiger partial charge on any atom is -0.465 e. The number of hydrogen-bond acceptors (Lipinski definition) is 5. The second-order valence-electron chi connectivity index (χ2n) is 3.73. The number of halogens is 1. The van der Waals surface area contributed by atoms with Crippen LogP contribution in [0.25, 0.3) is 0 Å². The fourth-order valence-corrected chi connectivity index (χ4v) is 2.95. The Labute approximate surface area is 111 Å². The van der Waals surface area contributed by atoms with Gasteiger partial charge in [0.05, 0.1) is 13.3 Å². The molecule has 1 atom stereocenters. The van der Waals surface area contributed by atoms with Crippen LogP contribution in [0.5, 0.6) is 0 Å². The first-order valence-corrected chi connectivity index (χ1v) is 7.00. The number of ether oxygens (including phenoxy) is 1. The van der Waals surface area contributed by atoms with E-state index in [1.807, 2.05) is 0 Å². The highest BCUT2D eigenvalue weighted by atomic mass is 79.9. The van der Waals surface area contributed by atoms with Crippen LogP contribution in [-0.2, 0) is 9.53 Å². The van der Waals surface area contributed by atoms with Crippen LogP contribution in [0.3, 0.4) is 0 Å². The smallest absolute Gasteiger partial charge is 0.349 e. The van der Waals surface area contributed by atoms with Crippen molar-refractivity contribution in [3.63, 3.8) is 0 Å². The third-order valence-corrected chi connectivity index (χ3v) is 4.45. The Bertz CT molecular complexity index is 449. The minimum atomic E-state index is -0.419. The van der Waals surface area contributed by atoms with Crippen LogP contribution in [0.2, 0.25) is 0 Å². The van der Waals surface area contributed by atoms with Crippen LogP contribution in [-0.4, -0.2) is 35.8 Å². The molecule has 0 aliphatic carbocycles. The van der Waals surface area contributed by atoms with E-state index < -0.39 is 5.97 Å². The summed E-state index contributed by atoms with van der Waals surface area (Å²) in [5.41, 5.74) is 0. The summed E-state index contributed by atoms with van der Waals surface area (Å²) in [7, 11) is 1.32. The fraction of sp³-hybridized carbons (Fsp3) is 0.500. The lowest BCUT2D eigenvalue weighted by molar-refractivity contribution is -0.117. The topological polar surface area (TPSA) is 59.5 Å².